The molecule has 8 heteroatoms. The van der Waals surface area contributed by atoms with Gasteiger partial charge in [0.15, 0.2) is 11.6 Å². The predicted molar refractivity (Wildman–Crippen MR) is 87.3 cm³/mol. The fourth-order valence-corrected chi connectivity index (χ4v) is 2.32. The highest BCUT2D eigenvalue weighted by molar-refractivity contribution is 6.30. The number of hydrogen-bond donors (Lipinski definition) is 0. The molecule has 0 N–H and O–H groups in total. The van der Waals surface area contributed by atoms with Crippen LogP contribution in [0.4, 0.5) is 0 Å². The zero-order chi connectivity index (χ0) is 16.9. The summed E-state index contributed by atoms with van der Waals surface area (Å²) in [4.78, 5) is 16.3. The molecule has 0 unspecified atom stereocenters. The lowest BCUT2D eigenvalue weighted by molar-refractivity contribution is 0.352. The molecule has 0 saturated carbocycles. The molecule has 0 aliphatic carbocycles. The van der Waals surface area contributed by atoms with E-state index in [2.05, 4.69) is 15.2 Å². The quantitative estimate of drug-likeness (QED) is 0.680. The monoisotopic (exact) mass is 346 g/mol. The van der Waals surface area contributed by atoms with Crippen molar-refractivity contribution >= 4 is 11.6 Å². The van der Waals surface area contributed by atoms with Crippen molar-refractivity contribution in [2.75, 3.05) is 7.11 Å². The minimum absolute atomic E-state index is 0.101. The molecule has 0 amide bonds. The van der Waals surface area contributed by atoms with E-state index in [0.717, 1.165) is 12.0 Å². The van der Waals surface area contributed by atoms with Gasteiger partial charge >= 0.3 is 5.56 Å². The summed E-state index contributed by atoms with van der Waals surface area (Å²) in [5.41, 5.74) is 0.789. The summed E-state index contributed by atoms with van der Waals surface area (Å²) in [6.45, 7) is 0.101. The van der Waals surface area contributed by atoms with Crippen molar-refractivity contribution in [1.82, 2.24) is 19.9 Å². The Morgan fingerprint density at radius 2 is 2.00 bits per heavy atom. The van der Waals surface area contributed by atoms with Gasteiger partial charge in [0, 0.05) is 17.5 Å². The topological polar surface area (TPSA) is 83.0 Å². The Balaban J connectivity index is 1.65. The number of aryl methyl sites for hydroxylation is 2. The maximum absolute atomic E-state index is 12.0. The van der Waals surface area contributed by atoms with E-state index in [4.69, 9.17) is 20.9 Å². The number of benzene rings is 1. The first-order valence-electron chi connectivity index (χ1n) is 7.32. The van der Waals surface area contributed by atoms with Crippen LogP contribution in [-0.2, 0) is 19.4 Å². The fraction of sp³-hybridized carbons (Fsp3) is 0.250. The largest absolute Gasteiger partial charge is 0.491 e. The normalized spacial score (nSPS) is 10.8. The maximum atomic E-state index is 12.0. The first kappa shape index (κ1) is 16.2. The van der Waals surface area contributed by atoms with Crippen molar-refractivity contribution in [3.63, 3.8) is 0 Å². The van der Waals surface area contributed by atoms with E-state index >= 15 is 0 Å². The number of hydrogen-bond acceptors (Lipinski definition) is 6. The first-order chi connectivity index (χ1) is 11.7. The lowest BCUT2D eigenvalue weighted by Crippen LogP contribution is -2.24. The minimum atomic E-state index is -0.346. The second-order valence-electron chi connectivity index (χ2n) is 5.09. The molecule has 3 rings (SSSR count). The molecule has 124 valence electrons. The summed E-state index contributed by atoms with van der Waals surface area (Å²) in [5, 5.41) is 8.61. The van der Waals surface area contributed by atoms with Crippen molar-refractivity contribution < 1.29 is 9.26 Å². The zero-order valence-corrected chi connectivity index (χ0v) is 13.7. The molecule has 0 bridgehead atoms. The number of halogens is 1. The van der Waals surface area contributed by atoms with Gasteiger partial charge in [0.2, 0.25) is 5.89 Å². The second kappa shape index (κ2) is 7.27. The molecule has 0 saturated heterocycles. The van der Waals surface area contributed by atoms with E-state index in [-0.39, 0.29) is 17.9 Å². The number of ether oxygens (including phenoxy) is 1. The van der Waals surface area contributed by atoms with E-state index in [9.17, 15) is 4.79 Å². The lowest BCUT2D eigenvalue weighted by atomic mass is 10.1. The summed E-state index contributed by atoms with van der Waals surface area (Å²) in [5.74, 6) is 1.12. The third-order valence-corrected chi connectivity index (χ3v) is 3.69. The molecular weight excluding hydrogens is 332 g/mol. The highest BCUT2D eigenvalue weighted by Gasteiger charge is 2.11. The van der Waals surface area contributed by atoms with Gasteiger partial charge in [0.25, 0.3) is 0 Å². The van der Waals surface area contributed by atoms with Gasteiger partial charge in [0.1, 0.15) is 6.54 Å². The zero-order valence-electron chi connectivity index (χ0n) is 13.0. The van der Waals surface area contributed by atoms with Gasteiger partial charge in [-0.05, 0) is 24.1 Å². The van der Waals surface area contributed by atoms with Gasteiger partial charge in [-0.15, -0.1) is 0 Å². The molecular formula is C16H15ClN4O3. The Bertz CT molecular complexity index is 874. The molecule has 0 aliphatic heterocycles. The molecule has 2 aromatic heterocycles. The molecule has 1 aromatic carbocycles. The molecule has 0 spiro atoms. The van der Waals surface area contributed by atoms with E-state index < -0.39 is 0 Å². The molecule has 0 atom stereocenters. The molecule has 7 nitrogen and oxygen atoms in total. The van der Waals surface area contributed by atoms with Gasteiger partial charge in [-0.1, -0.05) is 28.9 Å². The lowest BCUT2D eigenvalue weighted by Gasteiger charge is -2.02. The van der Waals surface area contributed by atoms with Crippen LogP contribution in [0.3, 0.4) is 0 Å². The summed E-state index contributed by atoms with van der Waals surface area (Å²) >= 11 is 5.86. The number of aromatic nitrogens is 4. The Morgan fingerprint density at radius 1 is 1.21 bits per heavy atom. The van der Waals surface area contributed by atoms with Gasteiger partial charge < -0.3 is 9.26 Å². The average molecular weight is 347 g/mol. The summed E-state index contributed by atoms with van der Waals surface area (Å²) in [7, 11) is 1.43. The van der Waals surface area contributed by atoms with Crippen LogP contribution in [0, 0.1) is 0 Å². The average Bonchev–Trinajstić information content (AvgIpc) is 3.04. The Hall–Kier alpha value is -2.67. The number of rotatable bonds is 6. The van der Waals surface area contributed by atoms with Gasteiger partial charge in [0.05, 0.1) is 13.3 Å². The van der Waals surface area contributed by atoms with Crippen molar-refractivity contribution in [1.29, 1.82) is 0 Å². The summed E-state index contributed by atoms with van der Waals surface area (Å²) in [6, 6.07) is 9.12. The highest BCUT2D eigenvalue weighted by atomic mass is 35.5. The van der Waals surface area contributed by atoms with Crippen LogP contribution < -0.4 is 10.3 Å². The maximum Gasteiger partial charge on any atom is 0.309 e. The van der Waals surface area contributed by atoms with Crippen molar-refractivity contribution in [2.45, 2.75) is 19.4 Å². The van der Waals surface area contributed by atoms with Crippen LogP contribution >= 0.6 is 11.6 Å². The van der Waals surface area contributed by atoms with Crippen molar-refractivity contribution in [3.05, 3.63) is 69.2 Å². The van der Waals surface area contributed by atoms with Gasteiger partial charge in [-0.2, -0.15) is 10.1 Å². The fourth-order valence-electron chi connectivity index (χ4n) is 2.19. The molecule has 0 aliphatic rings. The van der Waals surface area contributed by atoms with Crippen molar-refractivity contribution in [2.24, 2.45) is 0 Å². The number of methoxy groups -OCH3 is 1. The van der Waals surface area contributed by atoms with Crippen LogP contribution in [-0.4, -0.2) is 27.0 Å². The Morgan fingerprint density at radius 3 is 2.75 bits per heavy atom. The second-order valence-corrected chi connectivity index (χ2v) is 5.53. The van der Waals surface area contributed by atoms with E-state index in [1.54, 1.807) is 0 Å². The SMILES string of the molecule is COc1ccnn(Cc2nc(CCc3ccc(Cl)cc3)no2)c1=O. The van der Waals surface area contributed by atoms with Crippen LogP contribution in [0.5, 0.6) is 5.75 Å². The third-order valence-electron chi connectivity index (χ3n) is 3.44. The van der Waals surface area contributed by atoms with Crippen LogP contribution in [0.15, 0.2) is 45.8 Å². The Kier molecular flexibility index (Phi) is 4.90. The smallest absolute Gasteiger partial charge is 0.309 e. The molecule has 3 aromatic rings. The first-order valence-corrected chi connectivity index (χ1v) is 7.69. The molecule has 2 heterocycles. The third kappa shape index (κ3) is 3.80. The Labute approximate surface area is 142 Å². The van der Waals surface area contributed by atoms with Gasteiger partial charge in [-0.3, -0.25) is 4.79 Å². The van der Waals surface area contributed by atoms with Gasteiger partial charge in [-0.25, -0.2) is 4.68 Å². The number of nitrogens with zero attached hydrogens (tertiary/aromatic N) is 4. The minimum Gasteiger partial charge on any atom is -0.491 e. The van der Waals surface area contributed by atoms with Crippen LogP contribution in [0.1, 0.15) is 17.3 Å². The molecule has 24 heavy (non-hydrogen) atoms. The molecule has 0 radical (unpaired) electrons. The van der Waals surface area contributed by atoms with E-state index in [1.165, 1.54) is 24.1 Å². The predicted octanol–water partition coefficient (Wildman–Crippen LogP) is 2.12. The van der Waals surface area contributed by atoms with E-state index in [1.807, 2.05) is 24.3 Å². The van der Waals surface area contributed by atoms with Crippen LogP contribution in [0.2, 0.25) is 5.02 Å². The highest BCUT2D eigenvalue weighted by Crippen LogP contribution is 2.11. The van der Waals surface area contributed by atoms with E-state index in [0.29, 0.717) is 23.2 Å². The van der Waals surface area contributed by atoms with Crippen LogP contribution in [0.25, 0.3) is 0 Å². The summed E-state index contributed by atoms with van der Waals surface area (Å²) in [6.07, 6.45) is 2.89. The van der Waals surface area contributed by atoms with Crippen molar-refractivity contribution in [3.8, 4) is 5.75 Å². The molecule has 0 fully saturated rings. The summed E-state index contributed by atoms with van der Waals surface area (Å²) < 4.78 is 11.4. The standard InChI is InChI=1S/C16H15ClN4O3/c1-23-13-8-9-18-21(16(13)22)10-15-19-14(20-24-15)7-4-11-2-5-12(17)6-3-11/h2-3,5-6,8-9H,4,7,10H2,1H3.